The van der Waals surface area contributed by atoms with E-state index in [-0.39, 0.29) is 18.0 Å². The van der Waals surface area contributed by atoms with Crippen molar-refractivity contribution in [2.45, 2.75) is 58.2 Å². The van der Waals surface area contributed by atoms with E-state index in [0.717, 1.165) is 37.5 Å². The summed E-state index contributed by atoms with van der Waals surface area (Å²) in [6, 6.07) is -0.178. The molecule has 1 aromatic rings. The zero-order valence-electron chi connectivity index (χ0n) is 11.0. The van der Waals surface area contributed by atoms with E-state index in [9.17, 15) is 4.79 Å². The third kappa shape index (κ3) is 2.69. The quantitative estimate of drug-likeness (QED) is 0.799. The van der Waals surface area contributed by atoms with Crippen molar-refractivity contribution >= 4 is 5.91 Å². The Morgan fingerprint density at radius 2 is 2.33 bits per heavy atom. The van der Waals surface area contributed by atoms with Crippen LogP contribution in [0.15, 0.2) is 0 Å². The third-order valence-corrected chi connectivity index (χ3v) is 3.37. The van der Waals surface area contributed by atoms with E-state index in [2.05, 4.69) is 20.1 Å². The Kier molecular flexibility index (Phi) is 3.96. The molecule has 18 heavy (non-hydrogen) atoms. The van der Waals surface area contributed by atoms with Gasteiger partial charge in [0.25, 0.3) is 0 Å². The molecule has 0 saturated carbocycles. The van der Waals surface area contributed by atoms with Gasteiger partial charge in [0.1, 0.15) is 5.82 Å². The number of fused-ring (bicyclic) bond motifs is 1. The van der Waals surface area contributed by atoms with E-state index in [1.54, 1.807) is 0 Å². The fourth-order valence-corrected chi connectivity index (χ4v) is 2.24. The molecule has 0 aliphatic carbocycles. The Bertz CT molecular complexity index is 428. The monoisotopic (exact) mass is 251 g/mol. The molecule has 1 aliphatic rings. The predicted molar refractivity (Wildman–Crippen MR) is 67.8 cm³/mol. The molecule has 1 aromatic heterocycles. The first kappa shape index (κ1) is 13.0. The minimum Gasteiger partial charge on any atom is -0.346 e. The van der Waals surface area contributed by atoms with Gasteiger partial charge < -0.3 is 15.6 Å². The molecular weight excluding hydrogens is 230 g/mol. The maximum atomic E-state index is 11.8. The Labute approximate surface area is 107 Å². The van der Waals surface area contributed by atoms with E-state index < -0.39 is 0 Å². The van der Waals surface area contributed by atoms with Crippen molar-refractivity contribution in [1.82, 2.24) is 20.1 Å². The number of aromatic nitrogens is 3. The summed E-state index contributed by atoms with van der Waals surface area (Å²) in [5, 5.41) is 11.2. The van der Waals surface area contributed by atoms with Crippen LogP contribution in [0.25, 0.3) is 0 Å². The minimum absolute atomic E-state index is 0.0211. The first-order valence-electron chi connectivity index (χ1n) is 6.58. The molecule has 0 bridgehead atoms. The van der Waals surface area contributed by atoms with Crippen LogP contribution in [-0.2, 0) is 17.8 Å². The summed E-state index contributed by atoms with van der Waals surface area (Å²) in [6.45, 7) is 4.87. The largest absolute Gasteiger partial charge is 0.346 e. The van der Waals surface area contributed by atoms with Crippen LogP contribution < -0.4 is 11.1 Å². The molecule has 0 radical (unpaired) electrons. The lowest BCUT2D eigenvalue weighted by Gasteiger charge is -2.15. The molecule has 0 saturated heterocycles. The average molecular weight is 251 g/mol. The number of carbonyl (C=O) groups is 1. The van der Waals surface area contributed by atoms with Crippen LogP contribution >= 0.6 is 0 Å². The number of hydrogen-bond donors (Lipinski definition) is 2. The van der Waals surface area contributed by atoms with Gasteiger partial charge >= 0.3 is 0 Å². The highest BCUT2D eigenvalue weighted by Gasteiger charge is 2.22. The highest BCUT2D eigenvalue weighted by atomic mass is 16.1. The van der Waals surface area contributed by atoms with Gasteiger partial charge in [0, 0.05) is 25.4 Å². The molecule has 0 fully saturated rings. The van der Waals surface area contributed by atoms with Crippen LogP contribution in [0.2, 0.25) is 0 Å². The molecule has 2 unspecified atom stereocenters. The van der Waals surface area contributed by atoms with Gasteiger partial charge in [-0.2, -0.15) is 0 Å². The number of carbonyl (C=O) groups excluding carboxylic acids is 1. The van der Waals surface area contributed by atoms with Gasteiger partial charge in [-0.25, -0.2) is 0 Å². The summed E-state index contributed by atoms with van der Waals surface area (Å²) in [7, 11) is 0. The van der Waals surface area contributed by atoms with Gasteiger partial charge in [0.2, 0.25) is 5.91 Å². The van der Waals surface area contributed by atoms with Gasteiger partial charge in [-0.15, -0.1) is 10.2 Å². The van der Waals surface area contributed by atoms with Crippen LogP contribution in [0.3, 0.4) is 0 Å². The van der Waals surface area contributed by atoms with Crippen molar-refractivity contribution in [2.75, 3.05) is 0 Å². The summed E-state index contributed by atoms with van der Waals surface area (Å²) in [5.41, 5.74) is 5.76. The number of nitrogens with two attached hydrogens (primary N) is 1. The zero-order chi connectivity index (χ0) is 13.1. The second-order valence-corrected chi connectivity index (χ2v) is 4.89. The van der Waals surface area contributed by atoms with Crippen LogP contribution in [0, 0.1) is 0 Å². The molecular formula is C12H21N5O. The minimum atomic E-state index is -0.110. The molecule has 3 N–H and O–H groups in total. The van der Waals surface area contributed by atoms with Crippen molar-refractivity contribution in [3.05, 3.63) is 11.6 Å². The fraction of sp³-hybridized carbons (Fsp3) is 0.750. The number of nitrogens with one attached hydrogen (secondary N) is 1. The second kappa shape index (κ2) is 5.48. The molecule has 2 rings (SSSR count). The van der Waals surface area contributed by atoms with Crippen LogP contribution in [0.4, 0.5) is 0 Å². The lowest BCUT2D eigenvalue weighted by atomic mass is 10.1. The summed E-state index contributed by atoms with van der Waals surface area (Å²) >= 11 is 0. The Morgan fingerprint density at radius 1 is 1.56 bits per heavy atom. The van der Waals surface area contributed by atoms with Crippen LogP contribution in [0.1, 0.15) is 50.8 Å². The lowest BCUT2D eigenvalue weighted by Crippen LogP contribution is -2.33. The SMILES string of the molecule is CCC(N)CC(=O)NC(C)c1nnc2n1CCC2. The van der Waals surface area contributed by atoms with E-state index in [4.69, 9.17) is 5.73 Å². The van der Waals surface area contributed by atoms with Gasteiger partial charge in [0.05, 0.1) is 6.04 Å². The number of amides is 1. The summed E-state index contributed by atoms with van der Waals surface area (Å²) < 4.78 is 2.10. The summed E-state index contributed by atoms with van der Waals surface area (Å²) in [6.07, 6.45) is 3.26. The van der Waals surface area contributed by atoms with Crippen LogP contribution in [0.5, 0.6) is 0 Å². The van der Waals surface area contributed by atoms with Crippen molar-refractivity contribution in [1.29, 1.82) is 0 Å². The molecule has 0 aromatic carbocycles. The van der Waals surface area contributed by atoms with Crippen molar-refractivity contribution < 1.29 is 4.79 Å². The van der Waals surface area contributed by atoms with E-state index in [1.165, 1.54) is 0 Å². The van der Waals surface area contributed by atoms with Gasteiger partial charge in [-0.1, -0.05) is 6.92 Å². The highest BCUT2D eigenvalue weighted by Crippen LogP contribution is 2.18. The molecule has 0 spiro atoms. The Morgan fingerprint density at radius 3 is 3.06 bits per heavy atom. The highest BCUT2D eigenvalue weighted by molar-refractivity contribution is 5.76. The molecule has 1 amide bonds. The molecule has 2 atom stereocenters. The predicted octanol–water partition coefficient (Wildman–Crippen LogP) is 0.529. The molecule has 100 valence electrons. The summed E-state index contributed by atoms with van der Waals surface area (Å²) in [4.78, 5) is 11.8. The number of rotatable bonds is 5. The maximum absolute atomic E-state index is 11.8. The standard InChI is InChI=1S/C12H21N5O/c1-3-9(13)7-11(18)14-8(2)12-16-15-10-5-4-6-17(10)12/h8-9H,3-7,13H2,1-2H3,(H,14,18). The van der Waals surface area contributed by atoms with E-state index in [0.29, 0.717) is 6.42 Å². The average Bonchev–Trinajstić information content (AvgIpc) is 2.89. The second-order valence-electron chi connectivity index (χ2n) is 4.89. The number of aryl methyl sites for hydroxylation is 1. The van der Waals surface area contributed by atoms with Crippen molar-refractivity contribution in [2.24, 2.45) is 5.73 Å². The van der Waals surface area contributed by atoms with E-state index in [1.807, 2.05) is 13.8 Å². The molecule has 6 heteroatoms. The zero-order valence-corrected chi connectivity index (χ0v) is 11.0. The van der Waals surface area contributed by atoms with Gasteiger partial charge in [0.15, 0.2) is 5.82 Å². The molecule has 2 heterocycles. The third-order valence-electron chi connectivity index (χ3n) is 3.37. The maximum Gasteiger partial charge on any atom is 0.222 e. The molecule has 1 aliphatic heterocycles. The van der Waals surface area contributed by atoms with Gasteiger partial charge in [-0.3, -0.25) is 4.79 Å². The Balaban J connectivity index is 1.95. The first-order chi connectivity index (χ1) is 8.61. The number of nitrogens with zero attached hydrogens (tertiary/aromatic N) is 3. The number of hydrogen-bond acceptors (Lipinski definition) is 4. The Hall–Kier alpha value is -1.43. The van der Waals surface area contributed by atoms with Gasteiger partial charge in [-0.05, 0) is 19.8 Å². The van der Waals surface area contributed by atoms with Crippen LogP contribution in [-0.4, -0.2) is 26.7 Å². The summed E-state index contributed by atoms with van der Waals surface area (Å²) in [5.74, 6) is 1.85. The van der Waals surface area contributed by atoms with E-state index >= 15 is 0 Å². The topological polar surface area (TPSA) is 85.8 Å². The smallest absolute Gasteiger partial charge is 0.222 e. The van der Waals surface area contributed by atoms with Crippen molar-refractivity contribution in [3.8, 4) is 0 Å². The molecule has 6 nitrogen and oxygen atoms in total. The normalized spacial score (nSPS) is 17.3. The first-order valence-corrected chi connectivity index (χ1v) is 6.58. The fourth-order valence-electron chi connectivity index (χ4n) is 2.24. The lowest BCUT2D eigenvalue weighted by molar-refractivity contribution is -0.122. The van der Waals surface area contributed by atoms with Crippen molar-refractivity contribution in [3.63, 3.8) is 0 Å².